The van der Waals surface area contributed by atoms with Crippen LogP contribution < -0.4 is 4.18 Å². The van der Waals surface area contributed by atoms with Gasteiger partial charge in [0, 0.05) is 0 Å². The smallest absolute Gasteiger partial charge is 0.408 e. The second-order valence-electron chi connectivity index (χ2n) is 7.85. The van der Waals surface area contributed by atoms with Crippen LogP contribution in [0.4, 0.5) is 13.2 Å². The van der Waals surface area contributed by atoms with Gasteiger partial charge >= 0.3 is 15.6 Å². The molecule has 0 heterocycles. The first-order chi connectivity index (χ1) is 11.5. The van der Waals surface area contributed by atoms with Crippen molar-refractivity contribution in [2.24, 2.45) is 0 Å². The minimum Gasteiger partial charge on any atom is -0.408 e. The van der Waals surface area contributed by atoms with Crippen molar-refractivity contribution < 1.29 is 30.2 Å². The summed E-state index contributed by atoms with van der Waals surface area (Å²) in [5.41, 5.74) is -4.71. The molecule has 148 valence electrons. The lowest BCUT2D eigenvalue weighted by Gasteiger charge is -2.32. The van der Waals surface area contributed by atoms with E-state index in [1.807, 2.05) is 48.5 Å². The molecule has 0 saturated carbocycles. The maximum Gasteiger partial charge on any atom is 0.534 e. The standard InChI is InChI=1S/C17H25F3O4SSi/c1-11(2)13-10-12(23-25(21,22)17(18,19)20)8-9-14(13)16(6,7)24-26-15(3,4)5/h8-11H,1-7H3. The summed E-state index contributed by atoms with van der Waals surface area (Å²) in [4.78, 5) is 0. The molecule has 26 heavy (non-hydrogen) atoms. The van der Waals surface area contributed by atoms with Crippen LogP contribution in [0.2, 0.25) is 5.04 Å². The first kappa shape index (κ1) is 23.0. The minimum atomic E-state index is -5.70. The molecule has 0 N–H and O–H groups in total. The third-order valence-electron chi connectivity index (χ3n) is 3.40. The van der Waals surface area contributed by atoms with Crippen LogP contribution in [0, 0.1) is 0 Å². The fraction of sp³-hybridized carbons (Fsp3) is 0.647. The average Bonchev–Trinajstić information content (AvgIpc) is 2.42. The monoisotopic (exact) mass is 410 g/mol. The molecule has 1 rings (SSSR count). The van der Waals surface area contributed by atoms with Crippen LogP contribution in [-0.4, -0.2) is 23.7 Å². The Morgan fingerprint density at radius 2 is 1.58 bits per heavy atom. The van der Waals surface area contributed by atoms with Gasteiger partial charge in [-0.2, -0.15) is 21.6 Å². The zero-order valence-electron chi connectivity index (χ0n) is 16.0. The van der Waals surface area contributed by atoms with E-state index in [1.165, 1.54) is 12.1 Å². The molecule has 0 amide bonds. The summed E-state index contributed by atoms with van der Waals surface area (Å²) in [5, 5.41) is -0.0287. The van der Waals surface area contributed by atoms with Crippen LogP contribution in [0.25, 0.3) is 0 Å². The van der Waals surface area contributed by atoms with Gasteiger partial charge in [-0.15, -0.1) is 0 Å². The Bertz CT molecular complexity index is 735. The van der Waals surface area contributed by atoms with Gasteiger partial charge in [0.2, 0.25) is 9.76 Å². The molecule has 0 saturated heterocycles. The van der Waals surface area contributed by atoms with Gasteiger partial charge in [0.25, 0.3) is 0 Å². The molecule has 4 nitrogen and oxygen atoms in total. The Labute approximate surface area is 156 Å². The molecule has 0 spiro atoms. The van der Waals surface area contributed by atoms with Gasteiger partial charge in [0.05, 0.1) is 5.60 Å². The van der Waals surface area contributed by atoms with E-state index in [2.05, 4.69) is 4.18 Å². The van der Waals surface area contributed by atoms with E-state index in [0.29, 0.717) is 5.56 Å². The fourth-order valence-corrected chi connectivity index (χ4v) is 3.25. The van der Waals surface area contributed by atoms with Crippen molar-refractivity contribution in [3.05, 3.63) is 29.3 Å². The average molecular weight is 411 g/mol. The molecular formula is C17H25F3O4SSi. The van der Waals surface area contributed by atoms with E-state index in [-0.39, 0.29) is 26.5 Å². The summed E-state index contributed by atoms with van der Waals surface area (Å²) in [6, 6.07) is 4.11. The minimum absolute atomic E-state index is 0.0287. The van der Waals surface area contributed by atoms with Crippen molar-refractivity contribution in [2.75, 3.05) is 0 Å². The van der Waals surface area contributed by atoms with Crippen LogP contribution >= 0.6 is 0 Å². The van der Waals surface area contributed by atoms with E-state index >= 15 is 0 Å². The highest BCUT2D eigenvalue weighted by molar-refractivity contribution is 7.88. The molecule has 0 aliphatic rings. The lowest BCUT2D eigenvalue weighted by molar-refractivity contribution is -0.0500. The largest absolute Gasteiger partial charge is 0.534 e. The Morgan fingerprint density at radius 3 is 2.00 bits per heavy atom. The molecule has 0 unspecified atom stereocenters. The normalized spacial score (nSPS) is 14.0. The highest BCUT2D eigenvalue weighted by atomic mass is 32.2. The third kappa shape index (κ3) is 5.99. The lowest BCUT2D eigenvalue weighted by Crippen LogP contribution is -2.29. The quantitative estimate of drug-likeness (QED) is 0.371. The van der Waals surface area contributed by atoms with E-state index < -0.39 is 21.2 Å². The Hall–Kier alpha value is -1.06. The Balaban J connectivity index is 3.25. The van der Waals surface area contributed by atoms with E-state index in [0.717, 1.165) is 5.56 Å². The van der Waals surface area contributed by atoms with Crippen molar-refractivity contribution in [1.82, 2.24) is 0 Å². The van der Waals surface area contributed by atoms with Gasteiger partial charge < -0.3 is 8.61 Å². The lowest BCUT2D eigenvalue weighted by atomic mass is 9.88. The summed E-state index contributed by atoms with van der Waals surface area (Å²) in [6.07, 6.45) is 0. The number of halogens is 3. The van der Waals surface area contributed by atoms with Gasteiger partial charge in [-0.25, -0.2) is 0 Å². The van der Waals surface area contributed by atoms with Crippen LogP contribution in [0.1, 0.15) is 65.5 Å². The van der Waals surface area contributed by atoms with Crippen LogP contribution in [0.3, 0.4) is 0 Å². The molecule has 9 heteroatoms. The summed E-state index contributed by atoms with van der Waals surface area (Å²) in [7, 11) is -5.49. The number of rotatable bonds is 6. The summed E-state index contributed by atoms with van der Waals surface area (Å²) in [5.74, 6) is -0.438. The topological polar surface area (TPSA) is 52.6 Å². The molecule has 0 aliphatic carbocycles. The third-order valence-corrected chi connectivity index (χ3v) is 5.60. The molecule has 0 fully saturated rings. The number of hydrogen-bond donors (Lipinski definition) is 0. The zero-order chi connectivity index (χ0) is 20.6. The van der Waals surface area contributed by atoms with Crippen LogP contribution in [-0.2, 0) is 20.1 Å². The van der Waals surface area contributed by atoms with Crippen LogP contribution in [0.15, 0.2) is 18.2 Å². The van der Waals surface area contributed by atoms with Crippen molar-refractivity contribution in [2.45, 2.75) is 70.5 Å². The Morgan fingerprint density at radius 1 is 1.04 bits per heavy atom. The van der Waals surface area contributed by atoms with E-state index in [9.17, 15) is 21.6 Å². The second kappa shape index (κ2) is 7.51. The summed E-state index contributed by atoms with van der Waals surface area (Å²) in [6.45, 7) is 13.6. The molecule has 1 aromatic rings. The predicted molar refractivity (Wildman–Crippen MR) is 95.7 cm³/mol. The van der Waals surface area contributed by atoms with Gasteiger partial charge in [-0.1, -0.05) is 40.7 Å². The summed E-state index contributed by atoms with van der Waals surface area (Å²) >= 11 is 0. The number of benzene rings is 1. The van der Waals surface area contributed by atoms with Crippen molar-refractivity contribution in [3.63, 3.8) is 0 Å². The van der Waals surface area contributed by atoms with Gasteiger partial charge in [0.1, 0.15) is 5.75 Å². The van der Waals surface area contributed by atoms with E-state index in [4.69, 9.17) is 4.43 Å². The fourth-order valence-electron chi connectivity index (χ4n) is 2.13. The molecule has 2 radical (unpaired) electrons. The molecule has 0 aromatic heterocycles. The number of alkyl halides is 3. The molecule has 0 bridgehead atoms. The maximum absolute atomic E-state index is 12.5. The first-order valence-electron chi connectivity index (χ1n) is 8.06. The first-order valence-corrected chi connectivity index (χ1v) is 10.4. The highest BCUT2D eigenvalue weighted by Crippen LogP contribution is 2.37. The SMILES string of the molecule is CC(C)c1cc(OS(=O)(=O)C(F)(F)F)ccc1C(C)(C)O[Si]C(C)(C)C. The van der Waals surface area contributed by atoms with Crippen molar-refractivity contribution in [3.8, 4) is 5.75 Å². The predicted octanol–water partition coefficient (Wildman–Crippen LogP) is 5.13. The number of hydrogen-bond acceptors (Lipinski definition) is 4. The zero-order valence-corrected chi connectivity index (χ0v) is 17.8. The molecule has 0 atom stereocenters. The molecular weight excluding hydrogens is 385 g/mol. The second-order valence-corrected chi connectivity index (χ2v) is 11.3. The Kier molecular flexibility index (Phi) is 6.64. The molecule has 1 aromatic carbocycles. The van der Waals surface area contributed by atoms with Gasteiger partial charge in [-0.05, 0) is 48.1 Å². The van der Waals surface area contributed by atoms with Gasteiger partial charge in [0.15, 0.2) is 0 Å². The van der Waals surface area contributed by atoms with Crippen molar-refractivity contribution in [1.29, 1.82) is 0 Å². The van der Waals surface area contributed by atoms with Crippen molar-refractivity contribution >= 4 is 19.9 Å². The molecule has 0 aliphatic heterocycles. The van der Waals surface area contributed by atoms with Crippen LogP contribution in [0.5, 0.6) is 5.75 Å². The van der Waals surface area contributed by atoms with E-state index in [1.54, 1.807) is 6.07 Å². The summed E-state index contributed by atoms with van der Waals surface area (Å²) < 4.78 is 70.3. The maximum atomic E-state index is 12.5. The highest BCUT2D eigenvalue weighted by Gasteiger charge is 2.48. The van der Waals surface area contributed by atoms with Gasteiger partial charge in [-0.3, -0.25) is 0 Å².